The van der Waals surface area contributed by atoms with Crippen molar-refractivity contribution in [3.8, 4) is 0 Å². The fraction of sp³-hybridized carbons (Fsp3) is 0.533. The Hall–Kier alpha value is -2.15. The highest BCUT2D eigenvalue weighted by atomic mass is 16.5. The number of aromatic nitrogens is 3. The van der Waals surface area contributed by atoms with E-state index in [1.807, 2.05) is 4.68 Å². The van der Waals surface area contributed by atoms with Gasteiger partial charge in [0.05, 0.1) is 31.0 Å². The Kier molecular flexibility index (Phi) is 3.22. The molecule has 7 heteroatoms. The molecule has 3 heterocycles. The predicted octanol–water partition coefficient (Wildman–Crippen LogP) is 2.17. The Morgan fingerprint density at radius 2 is 2.36 bits per heavy atom. The summed E-state index contributed by atoms with van der Waals surface area (Å²) in [5.74, 6) is 1.82. The smallest absolute Gasteiger partial charge is 0.279 e. The third-order valence-corrected chi connectivity index (χ3v) is 4.41. The number of ether oxygens (including phenoxy) is 1. The van der Waals surface area contributed by atoms with Crippen LogP contribution in [-0.4, -0.2) is 27.5 Å². The number of fused-ring (bicyclic) bond motifs is 1. The number of carbonyl (C=O) groups excluding carboxylic acids is 1. The molecule has 0 spiro atoms. The van der Waals surface area contributed by atoms with E-state index in [1.54, 1.807) is 12.3 Å². The Morgan fingerprint density at radius 1 is 1.50 bits per heavy atom. The van der Waals surface area contributed by atoms with Crippen LogP contribution in [0, 0.1) is 5.92 Å². The number of hydrogen-bond donors (Lipinski definition) is 1. The molecule has 7 nitrogen and oxygen atoms in total. The highest BCUT2D eigenvalue weighted by Crippen LogP contribution is 2.40. The van der Waals surface area contributed by atoms with Gasteiger partial charge in [-0.1, -0.05) is 5.16 Å². The molecule has 1 aliphatic heterocycles. The molecule has 0 radical (unpaired) electrons. The molecule has 1 saturated carbocycles. The number of rotatable bonds is 4. The van der Waals surface area contributed by atoms with Crippen LogP contribution in [0.1, 0.15) is 47.6 Å². The molecule has 1 aliphatic carbocycles. The summed E-state index contributed by atoms with van der Waals surface area (Å²) in [6.45, 7) is 3.11. The molecule has 0 saturated heterocycles. The van der Waals surface area contributed by atoms with Gasteiger partial charge in [0, 0.05) is 12.5 Å². The maximum absolute atomic E-state index is 12.5. The van der Waals surface area contributed by atoms with Crippen LogP contribution in [0.25, 0.3) is 0 Å². The lowest BCUT2D eigenvalue weighted by molar-refractivity contribution is 0.0975. The minimum atomic E-state index is -0.278. The average molecular weight is 302 g/mol. The molecule has 22 heavy (non-hydrogen) atoms. The first kappa shape index (κ1) is 13.5. The largest absolute Gasteiger partial charge is 0.376 e. The minimum Gasteiger partial charge on any atom is -0.376 e. The summed E-state index contributed by atoms with van der Waals surface area (Å²) >= 11 is 0. The van der Waals surface area contributed by atoms with Crippen LogP contribution in [0.15, 0.2) is 16.8 Å². The van der Waals surface area contributed by atoms with Crippen molar-refractivity contribution in [3.63, 3.8) is 0 Å². The SMILES string of the molecule is CC(C1CC1)n1nccc1NC(=O)c1noc2c1COCC2. The molecule has 2 aromatic heterocycles. The Balaban J connectivity index is 1.55. The zero-order valence-electron chi connectivity index (χ0n) is 12.4. The fourth-order valence-electron chi connectivity index (χ4n) is 2.90. The van der Waals surface area contributed by atoms with Gasteiger partial charge in [-0.05, 0) is 25.7 Å². The van der Waals surface area contributed by atoms with E-state index in [0.717, 1.165) is 11.3 Å². The number of nitrogens with zero attached hydrogens (tertiary/aromatic N) is 3. The number of anilines is 1. The van der Waals surface area contributed by atoms with Gasteiger partial charge in [-0.25, -0.2) is 4.68 Å². The highest BCUT2D eigenvalue weighted by Gasteiger charge is 2.31. The Bertz CT molecular complexity index is 701. The minimum absolute atomic E-state index is 0.278. The van der Waals surface area contributed by atoms with E-state index in [2.05, 4.69) is 22.5 Å². The molecule has 1 unspecified atom stereocenters. The second-order valence-corrected chi connectivity index (χ2v) is 5.93. The number of hydrogen-bond acceptors (Lipinski definition) is 5. The van der Waals surface area contributed by atoms with Crippen molar-refractivity contribution in [2.75, 3.05) is 11.9 Å². The van der Waals surface area contributed by atoms with Crippen molar-refractivity contribution in [2.24, 2.45) is 5.92 Å². The van der Waals surface area contributed by atoms with Crippen molar-refractivity contribution in [2.45, 2.75) is 38.8 Å². The molecular formula is C15H18N4O3. The first-order chi connectivity index (χ1) is 10.7. The molecular weight excluding hydrogens is 284 g/mol. The van der Waals surface area contributed by atoms with Crippen molar-refractivity contribution >= 4 is 11.7 Å². The van der Waals surface area contributed by atoms with Gasteiger partial charge in [0.1, 0.15) is 11.6 Å². The molecule has 2 aromatic rings. The van der Waals surface area contributed by atoms with Crippen molar-refractivity contribution < 1.29 is 14.1 Å². The van der Waals surface area contributed by atoms with Crippen molar-refractivity contribution in [1.29, 1.82) is 0 Å². The summed E-state index contributed by atoms with van der Waals surface area (Å²) in [5, 5.41) is 11.1. The van der Waals surface area contributed by atoms with E-state index < -0.39 is 0 Å². The fourth-order valence-corrected chi connectivity index (χ4v) is 2.90. The van der Waals surface area contributed by atoms with E-state index in [1.165, 1.54) is 12.8 Å². The zero-order valence-corrected chi connectivity index (χ0v) is 12.4. The van der Waals surface area contributed by atoms with Gasteiger partial charge in [0.15, 0.2) is 5.69 Å². The molecule has 0 bridgehead atoms. The normalized spacial score (nSPS) is 18.8. The first-order valence-corrected chi connectivity index (χ1v) is 7.64. The Morgan fingerprint density at radius 3 is 3.18 bits per heavy atom. The second kappa shape index (κ2) is 5.24. The van der Waals surface area contributed by atoms with E-state index in [-0.39, 0.29) is 5.91 Å². The van der Waals surface area contributed by atoms with E-state index in [0.29, 0.717) is 43.1 Å². The van der Waals surface area contributed by atoms with Crippen LogP contribution in [-0.2, 0) is 17.8 Å². The summed E-state index contributed by atoms with van der Waals surface area (Å²) in [7, 11) is 0. The van der Waals surface area contributed by atoms with Crippen molar-refractivity contribution in [3.05, 3.63) is 29.3 Å². The number of carbonyl (C=O) groups is 1. The number of nitrogens with one attached hydrogen (secondary N) is 1. The summed E-state index contributed by atoms with van der Waals surface area (Å²) in [6.07, 6.45) is 4.81. The molecule has 116 valence electrons. The van der Waals surface area contributed by atoms with E-state index >= 15 is 0 Å². The zero-order chi connectivity index (χ0) is 15.1. The monoisotopic (exact) mass is 302 g/mol. The molecule has 4 rings (SSSR count). The molecule has 1 amide bonds. The van der Waals surface area contributed by atoms with Crippen LogP contribution in [0.5, 0.6) is 0 Å². The van der Waals surface area contributed by atoms with Crippen LogP contribution < -0.4 is 5.32 Å². The van der Waals surface area contributed by atoms with Crippen molar-refractivity contribution in [1.82, 2.24) is 14.9 Å². The van der Waals surface area contributed by atoms with Gasteiger partial charge >= 0.3 is 0 Å². The first-order valence-electron chi connectivity index (χ1n) is 7.64. The third-order valence-electron chi connectivity index (χ3n) is 4.41. The lowest BCUT2D eigenvalue weighted by atomic mass is 10.1. The highest BCUT2D eigenvalue weighted by molar-refractivity contribution is 6.03. The quantitative estimate of drug-likeness (QED) is 0.936. The van der Waals surface area contributed by atoms with Gasteiger partial charge in [0.25, 0.3) is 5.91 Å². The van der Waals surface area contributed by atoms with Gasteiger partial charge < -0.3 is 14.6 Å². The number of amides is 1. The Labute approximate surface area is 127 Å². The summed E-state index contributed by atoms with van der Waals surface area (Å²) in [6, 6.07) is 2.10. The van der Waals surface area contributed by atoms with E-state index in [4.69, 9.17) is 9.26 Å². The lowest BCUT2D eigenvalue weighted by Crippen LogP contribution is -2.20. The van der Waals surface area contributed by atoms with Crippen LogP contribution >= 0.6 is 0 Å². The summed E-state index contributed by atoms with van der Waals surface area (Å²) in [5.41, 5.74) is 1.06. The van der Waals surface area contributed by atoms with Crippen LogP contribution in [0.3, 0.4) is 0 Å². The third kappa shape index (κ3) is 2.31. The predicted molar refractivity (Wildman–Crippen MR) is 77.5 cm³/mol. The van der Waals surface area contributed by atoms with Crippen LogP contribution in [0.4, 0.5) is 5.82 Å². The van der Waals surface area contributed by atoms with Crippen LogP contribution in [0.2, 0.25) is 0 Å². The summed E-state index contributed by atoms with van der Waals surface area (Å²) in [4.78, 5) is 12.5. The molecule has 1 N–H and O–H groups in total. The molecule has 2 aliphatic rings. The lowest BCUT2D eigenvalue weighted by Gasteiger charge is -2.15. The standard InChI is InChI=1S/C15H18N4O3/c1-9(10-2-3-10)19-13(4-6-16-19)17-15(20)14-11-8-21-7-5-12(11)22-18-14/h4,6,9-10H,2-3,5,7-8H2,1H3,(H,17,20). The van der Waals surface area contributed by atoms with Gasteiger partial charge in [-0.2, -0.15) is 5.10 Å². The van der Waals surface area contributed by atoms with E-state index in [9.17, 15) is 4.79 Å². The summed E-state index contributed by atoms with van der Waals surface area (Å²) < 4.78 is 12.5. The molecule has 0 aromatic carbocycles. The maximum Gasteiger partial charge on any atom is 0.279 e. The van der Waals surface area contributed by atoms with Gasteiger partial charge in [-0.3, -0.25) is 4.79 Å². The average Bonchev–Trinajstić information content (AvgIpc) is 3.13. The molecule has 1 fully saturated rings. The topological polar surface area (TPSA) is 82.2 Å². The maximum atomic E-state index is 12.5. The second-order valence-electron chi connectivity index (χ2n) is 5.93. The van der Waals surface area contributed by atoms with Gasteiger partial charge in [-0.15, -0.1) is 0 Å². The van der Waals surface area contributed by atoms with Gasteiger partial charge in [0.2, 0.25) is 0 Å². The molecule has 1 atom stereocenters.